The Morgan fingerprint density at radius 2 is 1.86 bits per heavy atom. The van der Waals surface area contributed by atoms with Crippen LogP contribution in [0.5, 0.6) is 0 Å². The topological polar surface area (TPSA) is 77.4 Å². The number of carbonyl (C=O) groups is 2. The molecule has 3 aromatic rings. The molecule has 28 heavy (non-hydrogen) atoms. The molecule has 144 valence electrons. The Bertz CT molecular complexity index is 1070. The summed E-state index contributed by atoms with van der Waals surface area (Å²) in [7, 11) is 0. The van der Waals surface area contributed by atoms with E-state index in [9.17, 15) is 14.4 Å². The average Bonchev–Trinajstić information content (AvgIpc) is 2.66. The van der Waals surface area contributed by atoms with Gasteiger partial charge in [0.25, 0.3) is 0 Å². The quantitative estimate of drug-likeness (QED) is 0.592. The number of anilines is 1. The number of esters is 1. The lowest BCUT2D eigenvalue weighted by atomic mass is 10.1. The molecule has 6 nitrogen and oxygen atoms in total. The van der Waals surface area contributed by atoms with E-state index in [0.29, 0.717) is 23.2 Å². The Kier molecular flexibility index (Phi) is 6.26. The van der Waals surface area contributed by atoms with Gasteiger partial charge in [-0.1, -0.05) is 28.1 Å². The zero-order valence-corrected chi connectivity index (χ0v) is 16.9. The molecule has 7 heteroatoms. The van der Waals surface area contributed by atoms with Crippen LogP contribution in [0.15, 0.2) is 64.0 Å². The van der Waals surface area contributed by atoms with Crippen LogP contribution < -0.4 is 10.7 Å². The number of pyridine rings is 1. The number of hydrogen-bond donors (Lipinski definition) is 1. The third-order valence-corrected chi connectivity index (χ3v) is 4.64. The number of rotatable bonds is 6. The third kappa shape index (κ3) is 4.86. The third-order valence-electron chi connectivity index (χ3n) is 4.14. The van der Waals surface area contributed by atoms with Gasteiger partial charge >= 0.3 is 5.97 Å². The molecule has 0 aliphatic rings. The molecule has 3 rings (SSSR count). The molecule has 0 unspecified atom stereocenters. The number of halogens is 1. The summed E-state index contributed by atoms with van der Waals surface area (Å²) in [6, 6.07) is 13.9. The number of fused-ring (bicyclic) bond motifs is 1. The Hall–Kier alpha value is -2.93. The van der Waals surface area contributed by atoms with Crippen molar-refractivity contribution in [3.05, 3.63) is 75.0 Å². The second-order valence-corrected chi connectivity index (χ2v) is 7.11. The first-order valence-corrected chi connectivity index (χ1v) is 9.58. The summed E-state index contributed by atoms with van der Waals surface area (Å²) in [4.78, 5) is 36.0. The highest BCUT2D eigenvalue weighted by molar-refractivity contribution is 9.10. The first kappa shape index (κ1) is 19.8. The number of amides is 1. The SMILES string of the molecule is CCOC(=O)Cc1ccc(NC(=O)Cn2ccc(=O)c3cc(Br)ccc32)cc1. The number of benzene rings is 2. The summed E-state index contributed by atoms with van der Waals surface area (Å²) >= 11 is 3.36. The van der Waals surface area contributed by atoms with Gasteiger partial charge in [-0.15, -0.1) is 0 Å². The molecule has 0 fully saturated rings. The van der Waals surface area contributed by atoms with Crippen molar-refractivity contribution >= 4 is 44.4 Å². The second kappa shape index (κ2) is 8.84. The zero-order chi connectivity index (χ0) is 20.1. The van der Waals surface area contributed by atoms with E-state index in [-0.39, 0.29) is 30.3 Å². The van der Waals surface area contributed by atoms with Crippen LogP contribution in [0.3, 0.4) is 0 Å². The molecule has 2 aromatic carbocycles. The van der Waals surface area contributed by atoms with Gasteiger partial charge in [0.2, 0.25) is 5.91 Å². The maximum Gasteiger partial charge on any atom is 0.310 e. The first-order chi connectivity index (χ1) is 13.5. The van der Waals surface area contributed by atoms with Crippen molar-refractivity contribution in [3.63, 3.8) is 0 Å². The highest BCUT2D eigenvalue weighted by atomic mass is 79.9. The average molecular weight is 443 g/mol. The lowest BCUT2D eigenvalue weighted by Gasteiger charge is -2.11. The maximum atomic E-state index is 12.4. The predicted molar refractivity (Wildman–Crippen MR) is 111 cm³/mol. The van der Waals surface area contributed by atoms with Gasteiger partial charge in [0, 0.05) is 27.8 Å². The molecule has 0 saturated carbocycles. The van der Waals surface area contributed by atoms with Crippen molar-refractivity contribution in [2.45, 2.75) is 19.9 Å². The molecule has 0 saturated heterocycles. The van der Waals surface area contributed by atoms with Gasteiger partial charge in [-0.05, 0) is 42.8 Å². The van der Waals surface area contributed by atoms with Gasteiger partial charge in [-0.3, -0.25) is 14.4 Å². The second-order valence-electron chi connectivity index (χ2n) is 6.20. The predicted octanol–water partition coefficient (Wildman–Crippen LogP) is 3.51. The van der Waals surface area contributed by atoms with Crippen molar-refractivity contribution in [3.8, 4) is 0 Å². The van der Waals surface area contributed by atoms with Crippen LogP contribution in [-0.2, 0) is 27.3 Å². The normalized spacial score (nSPS) is 10.6. The summed E-state index contributed by atoms with van der Waals surface area (Å²) in [5, 5.41) is 3.37. The number of ether oxygens (including phenoxy) is 1. The van der Waals surface area contributed by atoms with Crippen molar-refractivity contribution in [2.75, 3.05) is 11.9 Å². The van der Waals surface area contributed by atoms with E-state index >= 15 is 0 Å². The molecule has 0 aliphatic carbocycles. The number of nitrogens with one attached hydrogen (secondary N) is 1. The number of nitrogens with zero attached hydrogens (tertiary/aromatic N) is 1. The largest absolute Gasteiger partial charge is 0.466 e. The monoisotopic (exact) mass is 442 g/mol. The van der Waals surface area contributed by atoms with Gasteiger partial charge in [-0.2, -0.15) is 0 Å². The van der Waals surface area contributed by atoms with E-state index in [1.165, 1.54) is 6.07 Å². The molecule has 1 aromatic heterocycles. The fourth-order valence-electron chi connectivity index (χ4n) is 2.86. The molecule has 1 N–H and O–H groups in total. The Balaban J connectivity index is 1.69. The van der Waals surface area contributed by atoms with Crippen LogP contribution in [0, 0.1) is 0 Å². The summed E-state index contributed by atoms with van der Waals surface area (Å²) < 4.78 is 7.46. The molecule has 0 bridgehead atoms. The summed E-state index contributed by atoms with van der Waals surface area (Å²) in [6.45, 7) is 2.19. The molecule has 1 amide bonds. The molecule has 0 spiro atoms. The van der Waals surface area contributed by atoms with Gasteiger partial charge in [0.05, 0.1) is 18.5 Å². The highest BCUT2D eigenvalue weighted by Crippen LogP contribution is 2.17. The molecule has 0 radical (unpaired) electrons. The van der Waals surface area contributed by atoms with E-state index in [1.54, 1.807) is 54.1 Å². The molecule has 0 aliphatic heterocycles. The van der Waals surface area contributed by atoms with Gasteiger partial charge in [-0.25, -0.2) is 0 Å². The number of hydrogen-bond acceptors (Lipinski definition) is 4. The Labute approximate surface area is 170 Å². The lowest BCUT2D eigenvalue weighted by molar-refractivity contribution is -0.142. The number of carbonyl (C=O) groups excluding carboxylic acids is 2. The van der Waals surface area contributed by atoms with E-state index in [2.05, 4.69) is 21.2 Å². The minimum Gasteiger partial charge on any atom is -0.466 e. The zero-order valence-electron chi connectivity index (χ0n) is 15.3. The fourth-order valence-corrected chi connectivity index (χ4v) is 3.22. The molecule has 0 atom stereocenters. The van der Waals surface area contributed by atoms with Crippen LogP contribution in [0.25, 0.3) is 10.9 Å². The van der Waals surface area contributed by atoms with Crippen molar-refractivity contribution < 1.29 is 14.3 Å². The van der Waals surface area contributed by atoms with E-state index < -0.39 is 0 Å². The fraction of sp³-hybridized carbons (Fsp3) is 0.190. The van der Waals surface area contributed by atoms with Crippen LogP contribution in [0.4, 0.5) is 5.69 Å². The van der Waals surface area contributed by atoms with Crippen molar-refractivity contribution in [1.29, 1.82) is 0 Å². The Morgan fingerprint density at radius 1 is 1.11 bits per heavy atom. The minimum absolute atomic E-state index is 0.0724. The standard InChI is InChI=1S/C21H19BrN2O4/c1-2-28-21(27)11-14-3-6-16(7-4-14)23-20(26)13-24-10-9-19(25)17-12-15(22)5-8-18(17)24/h3-10,12H,2,11,13H2,1H3,(H,23,26). The van der Waals surface area contributed by atoms with E-state index in [0.717, 1.165) is 10.0 Å². The summed E-state index contributed by atoms with van der Waals surface area (Å²) in [5.74, 6) is -0.498. The van der Waals surface area contributed by atoms with Gasteiger partial charge in [0.1, 0.15) is 6.54 Å². The van der Waals surface area contributed by atoms with Crippen LogP contribution in [0.2, 0.25) is 0 Å². The van der Waals surface area contributed by atoms with E-state index in [1.807, 2.05) is 6.07 Å². The van der Waals surface area contributed by atoms with Gasteiger partial charge < -0.3 is 14.6 Å². The van der Waals surface area contributed by atoms with Crippen LogP contribution in [-0.4, -0.2) is 23.1 Å². The van der Waals surface area contributed by atoms with Crippen molar-refractivity contribution in [1.82, 2.24) is 4.57 Å². The smallest absolute Gasteiger partial charge is 0.310 e. The maximum absolute atomic E-state index is 12.4. The minimum atomic E-state index is -0.281. The van der Waals surface area contributed by atoms with Gasteiger partial charge in [0.15, 0.2) is 5.43 Å². The van der Waals surface area contributed by atoms with Crippen LogP contribution >= 0.6 is 15.9 Å². The Morgan fingerprint density at radius 3 is 2.57 bits per heavy atom. The van der Waals surface area contributed by atoms with Crippen LogP contribution in [0.1, 0.15) is 12.5 Å². The van der Waals surface area contributed by atoms with E-state index in [4.69, 9.17) is 4.74 Å². The summed E-state index contributed by atoms with van der Waals surface area (Å²) in [5.41, 5.74) is 2.04. The lowest BCUT2D eigenvalue weighted by Crippen LogP contribution is -2.20. The number of aromatic nitrogens is 1. The van der Waals surface area contributed by atoms with Crippen molar-refractivity contribution in [2.24, 2.45) is 0 Å². The highest BCUT2D eigenvalue weighted by Gasteiger charge is 2.09. The first-order valence-electron chi connectivity index (χ1n) is 8.79. The summed E-state index contributed by atoms with van der Waals surface area (Å²) in [6.07, 6.45) is 1.81. The molecular weight excluding hydrogens is 424 g/mol. The molecular formula is C21H19BrN2O4. The molecule has 1 heterocycles.